The summed E-state index contributed by atoms with van der Waals surface area (Å²) in [5.41, 5.74) is 1.61. The Kier molecular flexibility index (Phi) is 8.38. The fourth-order valence-corrected chi connectivity index (χ4v) is 3.29. The zero-order valence-corrected chi connectivity index (χ0v) is 17.2. The molecule has 2 heterocycles. The quantitative estimate of drug-likeness (QED) is 0.668. The molecule has 148 valence electrons. The number of nitrogens with zero attached hydrogens (tertiary/aromatic N) is 2. The largest absolute Gasteiger partial charge is 1.00 e. The van der Waals surface area contributed by atoms with E-state index < -0.39 is 5.97 Å². The molecule has 9 heteroatoms. The first-order chi connectivity index (χ1) is 12.6. The van der Waals surface area contributed by atoms with Crippen molar-refractivity contribution in [3.8, 4) is 0 Å². The molecule has 0 unspecified atom stereocenters. The van der Waals surface area contributed by atoms with Crippen molar-refractivity contribution in [2.45, 2.75) is 6.92 Å². The molecule has 1 saturated heterocycles. The Labute approximate surface area is 174 Å². The first-order valence-electron chi connectivity index (χ1n) is 8.59. The second kappa shape index (κ2) is 10.3. The Morgan fingerprint density at radius 3 is 2.78 bits per heavy atom. The summed E-state index contributed by atoms with van der Waals surface area (Å²) in [5.74, 6) is -0.415. The summed E-state index contributed by atoms with van der Waals surface area (Å²) in [5, 5.41) is 4.90. The highest BCUT2D eigenvalue weighted by Crippen LogP contribution is 2.34. The fraction of sp³-hybridized carbons (Fsp3) is 0.444. The van der Waals surface area contributed by atoms with Gasteiger partial charge in [0.05, 0.1) is 41.1 Å². The number of ether oxygens (including phenoxy) is 2. The minimum Gasteiger partial charge on any atom is -1.00 e. The number of halogens is 3. The molecule has 1 aliphatic heterocycles. The van der Waals surface area contributed by atoms with E-state index in [9.17, 15) is 4.79 Å². The first kappa shape index (κ1) is 22.0. The number of carbonyl (C=O) groups excluding carboxylic acids is 1. The first-order valence-corrected chi connectivity index (χ1v) is 9.35. The predicted molar refractivity (Wildman–Crippen MR) is 103 cm³/mol. The topological polar surface area (TPSA) is 63.7 Å². The summed E-state index contributed by atoms with van der Waals surface area (Å²) >= 11 is 12.4. The standard InChI is InChI=1S/C18H21Cl2N3O3.ClH/c1-2-26-18(24)13-11-22-17-12(3-4-14(19)15(17)20)16(13)21-5-6-23-7-9-25-10-8-23;/h3-4,11H,2,5-10H2,1H3,(H,21,22);1H/p-1. The van der Waals surface area contributed by atoms with E-state index in [2.05, 4.69) is 15.2 Å². The van der Waals surface area contributed by atoms with Crippen LogP contribution in [0.2, 0.25) is 10.0 Å². The van der Waals surface area contributed by atoms with Crippen molar-refractivity contribution in [3.63, 3.8) is 0 Å². The van der Waals surface area contributed by atoms with Crippen LogP contribution >= 0.6 is 23.2 Å². The Morgan fingerprint density at radius 1 is 1.33 bits per heavy atom. The summed E-state index contributed by atoms with van der Waals surface area (Å²) in [6, 6.07) is 3.52. The molecule has 0 amide bonds. The van der Waals surface area contributed by atoms with Gasteiger partial charge in [0, 0.05) is 37.8 Å². The number of anilines is 1. The molecular weight excluding hydrogens is 413 g/mol. The monoisotopic (exact) mass is 432 g/mol. The molecule has 0 atom stereocenters. The van der Waals surface area contributed by atoms with Gasteiger partial charge in [0.2, 0.25) is 0 Å². The van der Waals surface area contributed by atoms with Gasteiger partial charge < -0.3 is 27.2 Å². The van der Waals surface area contributed by atoms with E-state index in [1.165, 1.54) is 6.20 Å². The number of benzene rings is 1. The Hall–Kier alpha value is -1.31. The summed E-state index contributed by atoms with van der Waals surface area (Å²) in [7, 11) is 0. The van der Waals surface area contributed by atoms with Crippen LogP contribution < -0.4 is 17.7 Å². The van der Waals surface area contributed by atoms with Crippen LogP contribution in [0.5, 0.6) is 0 Å². The van der Waals surface area contributed by atoms with Crippen LogP contribution in [-0.4, -0.2) is 61.9 Å². The molecule has 1 N–H and O–H groups in total. The summed E-state index contributed by atoms with van der Waals surface area (Å²) in [6.45, 7) is 6.90. The molecule has 3 rings (SSSR count). The third kappa shape index (κ3) is 5.15. The summed E-state index contributed by atoms with van der Waals surface area (Å²) in [4.78, 5) is 19.0. The smallest absolute Gasteiger partial charge is 0.341 e. The van der Waals surface area contributed by atoms with Crippen molar-refractivity contribution < 1.29 is 26.7 Å². The molecule has 0 saturated carbocycles. The van der Waals surface area contributed by atoms with E-state index >= 15 is 0 Å². The molecule has 0 bridgehead atoms. The molecule has 2 aromatic rings. The van der Waals surface area contributed by atoms with Gasteiger partial charge in [0.25, 0.3) is 0 Å². The summed E-state index contributed by atoms with van der Waals surface area (Å²) in [6.07, 6.45) is 1.49. The molecule has 1 aliphatic rings. The van der Waals surface area contributed by atoms with Crippen LogP contribution in [-0.2, 0) is 9.47 Å². The molecule has 1 fully saturated rings. The van der Waals surface area contributed by atoms with Gasteiger partial charge in [0.15, 0.2) is 0 Å². The molecule has 27 heavy (non-hydrogen) atoms. The Bertz CT molecular complexity index is 798. The van der Waals surface area contributed by atoms with Gasteiger partial charge in [-0.2, -0.15) is 0 Å². The number of pyridine rings is 1. The highest BCUT2D eigenvalue weighted by atomic mass is 35.5. The van der Waals surface area contributed by atoms with Crippen molar-refractivity contribution in [1.82, 2.24) is 9.88 Å². The molecular formula is C18H21Cl3N3O3-. The van der Waals surface area contributed by atoms with E-state index in [-0.39, 0.29) is 12.4 Å². The van der Waals surface area contributed by atoms with Gasteiger partial charge in [-0.3, -0.25) is 9.88 Å². The van der Waals surface area contributed by atoms with Crippen molar-refractivity contribution in [2.24, 2.45) is 0 Å². The van der Waals surface area contributed by atoms with Crippen LogP contribution in [0.25, 0.3) is 10.9 Å². The van der Waals surface area contributed by atoms with Crippen molar-refractivity contribution in [3.05, 3.63) is 33.9 Å². The fourth-order valence-electron chi connectivity index (χ4n) is 2.92. The maximum Gasteiger partial charge on any atom is 0.341 e. The van der Waals surface area contributed by atoms with E-state index in [0.29, 0.717) is 40.0 Å². The SMILES string of the molecule is CCOC(=O)c1cnc2c(Cl)c(Cl)ccc2c1NCCN1CCOCC1.[Cl-]. The zero-order chi connectivity index (χ0) is 18.5. The van der Waals surface area contributed by atoms with Gasteiger partial charge in [-0.1, -0.05) is 23.2 Å². The third-order valence-electron chi connectivity index (χ3n) is 4.26. The Balaban J connectivity index is 0.00000261. The molecule has 6 nitrogen and oxygen atoms in total. The summed E-state index contributed by atoms with van der Waals surface area (Å²) < 4.78 is 10.5. The lowest BCUT2D eigenvalue weighted by molar-refractivity contribution is -0.0000248. The van der Waals surface area contributed by atoms with Crippen molar-refractivity contribution >= 4 is 45.8 Å². The van der Waals surface area contributed by atoms with Gasteiger partial charge in [0.1, 0.15) is 5.56 Å². The number of carbonyl (C=O) groups is 1. The minimum atomic E-state index is -0.415. The van der Waals surface area contributed by atoms with Crippen molar-refractivity contribution in [1.29, 1.82) is 0 Å². The molecule has 0 spiro atoms. The number of morpholine rings is 1. The van der Waals surface area contributed by atoms with Gasteiger partial charge in [-0.25, -0.2) is 4.79 Å². The lowest BCUT2D eigenvalue weighted by Crippen LogP contribution is -3.00. The van der Waals surface area contributed by atoms with Crippen LogP contribution in [0, 0.1) is 0 Å². The average Bonchev–Trinajstić information content (AvgIpc) is 2.66. The lowest BCUT2D eigenvalue weighted by atomic mass is 10.1. The molecule has 1 aromatic heterocycles. The predicted octanol–water partition coefficient (Wildman–Crippen LogP) is 0.466. The van der Waals surface area contributed by atoms with Crippen LogP contribution in [0.15, 0.2) is 18.3 Å². The highest BCUT2D eigenvalue weighted by Gasteiger charge is 2.19. The highest BCUT2D eigenvalue weighted by molar-refractivity contribution is 6.45. The van der Waals surface area contributed by atoms with Crippen molar-refractivity contribution in [2.75, 3.05) is 51.3 Å². The maximum atomic E-state index is 12.3. The van der Waals surface area contributed by atoms with E-state index in [1.54, 1.807) is 13.0 Å². The lowest BCUT2D eigenvalue weighted by Gasteiger charge is -2.27. The zero-order valence-electron chi connectivity index (χ0n) is 14.9. The average molecular weight is 434 g/mol. The second-order valence-corrected chi connectivity index (χ2v) is 6.69. The molecule has 0 radical (unpaired) electrons. The number of nitrogens with one attached hydrogen (secondary N) is 1. The number of rotatable bonds is 6. The van der Waals surface area contributed by atoms with Crippen LogP contribution in [0.1, 0.15) is 17.3 Å². The number of esters is 1. The normalized spacial score (nSPS) is 14.6. The molecule has 0 aliphatic carbocycles. The minimum absolute atomic E-state index is 0. The Morgan fingerprint density at radius 2 is 2.07 bits per heavy atom. The molecule has 1 aromatic carbocycles. The number of hydrogen-bond donors (Lipinski definition) is 1. The second-order valence-electron chi connectivity index (χ2n) is 5.91. The number of aromatic nitrogens is 1. The van der Waals surface area contributed by atoms with Crippen LogP contribution in [0.4, 0.5) is 5.69 Å². The van der Waals surface area contributed by atoms with Gasteiger partial charge >= 0.3 is 5.97 Å². The third-order valence-corrected chi connectivity index (χ3v) is 5.05. The van der Waals surface area contributed by atoms with E-state index in [1.807, 2.05) is 6.07 Å². The van der Waals surface area contributed by atoms with E-state index in [0.717, 1.165) is 38.2 Å². The number of fused-ring (bicyclic) bond motifs is 1. The van der Waals surface area contributed by atoms with Crippen LogP contribution in [0.3, 0.4) is 0 Å². The van der Waals surface area contributed by atoms with Gasteiger partial charge in [-0.15, -0.1) is 0 Å². The van der Waals surface area contributed by atoms with Gasteiger partial charge in [-0.05, 0) is 19.1 Å². The number of hydrogen-bond acceptors (Lipinski definition) is 6. The maximum absolute atomic E-state index is 12.3. The van der Waals surface area contributed by atoms with E-state index in [4.69, 9.17) is 32.7 Å².